The Labute approximate surface area is 242 Å². The highest BCUT2D eigenvalue weighted by molar-refractivity contribution is 7.83. The Morgan fingerprint density at radius 2 is 1.26 bits per heavy atom. The molecule has 4 N–H and O–H groups in total. The monoisotopic (exact) mass is 618 g/mol. The van der Waals surface area contributed by atoms with E-state index in [0.717, 1.165) is 12.8 Å². The van der Waals surface area contributed by atoms with Crippen molar-refractivity contribution in [3.63, 3.8) is 0 Å². The second kappa shape index (κ2) is 18.3. The molecule has 0 bridgehead atoms. The van der Waals surface area contributed by atoms with E-state index in [1.807, 2.05) is 0 Å². The quantitative estimate of drug-likeness (QED) is 0.166. The van der Waals surface area contributed by atoms with Crippen LogP contribution in [0.1, 0.15) is 36.8 Å². The summed E-state index contributed by atoms with van der Waals surface area (Å²) in [7, 11) is -0.611. The number of rotatable bonds is 6. The van der Waals surface area contributed by atoms with Crippen molar-refractivity contribution in [2.75, 3.05) is 12.5 Å². The largest absolute Gasteiger partial charge is 0.506 e. The Kier molecular flexibility index (Phi) is 16.0. The van der Waals surface area contributed by atoms with Crippen molar-refractivity contribution in [1.82, 2.24) is 10.9 Å². The van der Waals surface area contributed by atoms with E-state index in [2.05, 4.69) is 21.1 Å². The van der Waals surface area contributed by atoms with Crippen LogP contribution in [0.3, 0.4) is 0 Å². The van der Waals surface area contributed by atoms with Gasteiger partial charge in [0.25, 0.3) is 0 Å². The number of carbonyl (C=O) groups is 2. The maximum Gasteiger partial charge on any atom is 0.460 e. The third-order valence-corrected chi connectivity index (χ3v) is 5.84. The van der Waals surface area contributed by atoms with Gasteiger partial charge in [-0.15, -0.1) is 0 Å². The molecule has 39 heavy (non-hydrogen) atoms. The van der Waals surface area contributed by atoms with Gasteiger partial charge in [0.15, 0.2) is 0 Å². The number of aromatic hydroxyl groups is 2. The summed E-state index contributed by atoms with van der Waals surface area (Å²) in [6, 6.07) is 9.57. The first kappa shape index (κ1) is 34.1. The van der Waals surface area contributed by atoms with E-state index >= 15 is 0 Å². The third-order valence-electron chi connectivity index (χ3n) is 5.23. The maximum atomic E-state index is 12.7. The predicted molar refractivity (Wildman–Crippen MR) is 152 cm³/mol. The van der Waals surface area contributed by atoms with Gasteiger partial charge < -0.3 is 14.8 Å². The summed E-state index contributed by atoms with van der Waals surface area (Å²) in [6.07, 6.45) is 8.58. The summed E-state index contributed by atoms with van der Waals surface area (Å²) >= 11 is 11.0. The topological polar surface area (TPSA) is 181 Å². The van der Waals surface area contributed by atoms with Crippen molar-refractivity contribution >= 4 is 70.2 Å². The van der Waals surface area contributed by atoms with Crippen LogP contribution >= 0.6 is 23.2 Å². The molecule has 0 spiro atoms. The number of para-hydroxylation sites is 2. The average Bonchev–Trinajstić information content (AvgIpc) is 2.89. The normalized spacial score (nSPS) is 16.6. The molecule has 1 aliphatic rings. The molecule has 2 aromatic carbocycles. The highest BCUT2D eigenvalue weighted by Gasteiger charge is 2.35. The molecule has 0 unspecified atom stereocenters. The van der Waals surface area contributed by atoms with Gasteiger partial charge in [-0.2, -0.15) is 10.2 Å². The molecule has 2 aromatic rings. The van der Waals surface area contributed by atoms with E-state index in [1.165, 1.54) is 24.6 Å². The standard InChI is InChI=1S/C22H22Cl2N4O4.C2H6OS.O2S/c23-17-9-3-5-13(19(17)29)11-25-27-21(31)15-7-1-2-8-16(15)22(32)28-26-12-14-6-4-10-18(24)20(14)30;1-4(2)3;1-3-2/h3-6,9-12,15-16,29-30H,1-2,7-8H2,(H,27,31)(H,28,32);1-2H3;/b25-11+,26-12+;;/t15-,16-;;/m0../s1. The van der Waals surface area contributed by atoms with Gasteiger partial charge in [-0.25, -0.2) is 10.9 Å². The van der Waals surface area contributed by atoms with Crippen LogP contribution < -0.4 is 10.9 Å². The van der Waals surface area contributed by atoms with Crippen LogP contribution in [0.15, 0.2) is 46.6 Å². The first-order valence-electron chi connectivity index (χ1n) is 11.3. The summed E-state index contributed by atoms with van der Waals surface area (Å²) in [5.74, 6) is -2.18. The molecule has 1 aliphatic carbocycles. The zero-order valence-corrected chi connectivity index (χ0v) is 24.1. The molecule has 11 nitrogen and oxygen atoms in total. The van der Waals surface area contributed by atoms with E-state index < -0.39 is 34.6 Å². The van der Waals surface area contributed by atoms with Crippen molar-refractivity contribution < 1.29 is 32.8 Å². The molecule has 0 aromatic heterocycles. The SMILES string of the molecule is CS(C)=O.O=C(N/N=C/c1cccc(Cl)c1O)[C@H]1CCCC[C@@H]1C(=O)N/N=C/c1cccc(Cl)c1O.O=[S+][O-]. The van der Waals surface area contributed by atoms with Crippen molar-refractivity contribution in [1.29, 1.82) is 0 Å². The highest BCUT2D eigenvalue weighted by Crippen LogP contribution is 2.31. The van der Waals surface area contributed by atoms with Crippen molar-refractivity contribution in [2.45, 2.75) is 25.7 Å². The maximum absolute atomic E-state index is 12.7. The molecular formula is C24H28Cl2N4O7S2. The van der Waals surface area contributed by atoms with Gasteiger partial charge in [0.2, 0.25) is 11.8 Å². The predicted octanol–water partition coefficient (Wildman–Crippen LogP) is 3.35. The minimum Gasteiger partial charge on any atom is -0.506 e. The van der Waals surface area contributed by atoms with Gasteiger partial charge in [0.05, 0.1) is 34.3 Å². The van der Waals surface area contributed by atoms with Gasteiger partial charge in [0, 0.05) is 38.6 Å². The van der Waals surface area contributed by atoms with E-state index in [4.69, 9.17) is 32.0 Å². The second-order valence-corrected chi connectivity index (χ2v) is 10.6. The minimum atomic E-state index is -0.750. The van der Waals surface area contributed by atoms with Crippen LogP contribution in [0.5, 0.6) is 11.5 Å². The first-order chi connectivity index (χ1) is 18.5. The third kappa shape index (κ3) is 12.2. The zero-order chi connectivity index (χ0) is 29.4. The number of amides is 2. The number of nitrogens with zero attached hydrogens (tertiary/aromatic N) is 2. The van der Waals surface area contributed by atoms with Crippen molar-refractivity contribution in [3.05, 3.63) is 57.6 Å². The molecule has 3 rings (SSSR count). The molecule has 0 saturated heterocycles. The van der Waals surface area contributed by atoms with Crippen LogP contribution in [0.4, 0.5) is 0 Å². The van der Waals surface area contributed by atoms with Gasteiger partial charge >= 0.3 is 11.9 Å². The molecule has 1 saturated carbocycles. The molecule has 2 amide bonds. The van der Waals surface area contributed by atoms with E-state index in [9.17, 15) is 24.0 Å². The summed E-state index contributed by atoms with van der Waals surface area (Å²) in [5, 5.41) is 27.9. The van der Waals surface area contributed by atoms with E-state index in [1.54, 1.807) is 36.8 Å². The number of nitrogens with one attached hydrogen (secondary N) is 2. The summed E-state index contributed by atoms with van der Waals surface area (Å²) in [5.41, 5.74) is 5.59. The number of hydrogen-bond donors (Lipinski definition) is 4. The number of phenolic OH excluding ortho intramolecular Hbond substituents is 2. The van der Waals surface area contributed by atoms with Gasteiger partial charge in [-0.3, -0.25) is 13.8 Å². The van der Waals surface area contributed by atoms with Crippen LogP contribution in [0.2, 0.25) is 10.0 Å². The van der Waals surface area contributed by atoms with Crippen LogP contribution in [0.25, 0.3) is 0 Å². The number of benzene rings is 2. The van der Waals surface area contributed by atoms with Crippen molar-refractivity contribution in [2.24, 2.45) is 22.0 Å². The fourth-order valence-corrected chi connectivity index (χ4v) is 3.89. The summed E-state index contributed by atoms with van der Waals surface area (Å²) in [6.45, 7) is 0. The Morgan fingerprint density at radius 1 is 0.923 bits per heavy atom. The molecule has 0 heterocycles. The Morgan fingerprint density at radius 3 is 1.59 bits per heavy atom. The molecule has 2 atom stereocenters. The highest BCUT2D eigenvalue weighted by atomic mass is 35.5. The smallest absolute Gasteiger partial charge is 0.460 e. The summed E-state index contributed by atoms with van der Waals surface area (Å²) in [4.78, 5) is 25.3. The van der Waals surface area contributed by atoms with Gasteiger partial charge in [0.1, 0.15) is 11.5 Å². The fraction of sp³-hybridized carbons (Fsp3) is 0.333. The Balaban J connectivity index is 0.000000975. The number of hydrogen-bond acceptors (Lipinski definition) is 9. The molecular weight excluding hydrogens is 591 g/mol. The van der Waals surface area contributed by atoms with Crippen molar-refractivity contribution in [3.8, 4) is 11.5 Å². The van der Waals surface area contributed by atoms with Gasteiger partial charge in [-0.05, 0) is 37.1 Å². The van der Waals surface area contributed by atoms with Gasteiger partial charge in [-0.1, -0.05) is 48.2 Å². The Bertz CT molecular complexity index is 1130. The number of halogens is 2. The molecule has 15 heteroatoms. The Hall–Kier alpha value is -2.97. The number of hydrazone groups is 2. The lowest BCUT2D eigenvalue weighted by molar-refractivity contribution is -0.136. The average molecular weight is 620 g/mol. The van der Waals surface area contributed by atoms with Crippen LogP contribution in [-0.4, -0.2) is 55.7 Å². The minimum absolute atomic E-state index is 0.134. The zero-order valence-electron chi connectivity index (χ0n) is 21.0. The number of phenols is 2. The lowest BCUT2D eigenvalue weighted by atomic mass is 9.78. The van der Waals surface area contributed by atoms with E-state index in [0.29, 0.717) is 24.0 Å². The van der Waals surface area contributed by atoms with Crippen LogP contribution in [-0.2, 0) is 36.5 Å². The fourth-order valence-electron chi connectivity index (χ4n) is 3.53. The summed E-state index contributed by atoms with van der Waals surface area (Å²) < 4.78 is 26.1. The molecule has 212 valence electrons. The molecule has 1 fully saturated rings. The molecule has 0 aliphatic heterocycles. The second-order valence-electron chi connectivity index (χ2n) is 8.13. The molecule has 0 radical (unpaired) electrons. The first-order valence-corrected chi connectivity index (χ1v) is 14.7. The van der Waals surface area contributed by atoms with E-state index in [-0.39, 0.29) is 33.4 Å². The lowest BCUT2D eigenvalue weighted by Crippen LogP contribution is -2.41. The number of carbonyl (C=O) groups excluding carboxylic acids is 2. The van der Waals surface area contributed by atoms with Crippen LogP contribution in [0, 0.1) is 11.8 Å². The lowest BCUT2D eigenvalue weighted by Gasteiger charge is -2.28.